The Hall–Kier alpha value is -2.66. The number of amides is 1. The molecule has 0 unspecified atom stereocenters. The second kappa shape index (κ2) is 9.02. The minimum Gasteiger partial charge on any atom is -0.352 e. The minimum absolute atomic E-state index is 0.00544. The Morgan fingerprint density at radius 3 is 2.61 bits per heavy atom. The van der Waals surface area contributed by atoms with Crippen molar-refractivity contribution in [1.29, 1.82) is 0 Å². The van der Waals surface area contributed by atoms with Crippen molar-refractivity contribution < 1.29 is 4.79 Å². The number of para-hydroxylation sites is 2. The summed E-state index contributed by atoms with van der Waals surface area (Å²) >= 11 is 0. The molecule has 1 aliphatic rings. The van der Waals surface area contributed by atoms with E-state index in [-0.39, 0.29) is 5.91 Å². The number of H-pyrrole nitrogens is 1. The molecule has 146 valence electrons. The molecule has 28 heavy (non-hydrogen) atoms. The Morgan fingerprint density at radius 2 is 1.82 bits per heavy atom. The highest BCUT2D eigenvalue weighted by molar-refractivity contribution is 5.94. The van der Waals surface area contributed by atoms with Crippen molar-refractivity contribution in [2.75, 3.05) is 19.6 Å². The van der Waals surface area contributed by atoms with Crippen molar-refractivity contribution in [3.8, 4) is 0 Å². The number of nitrogens with one attached hydrogen (secondary N) is 2. The highest BCUT2D eigenvalue weighted by Gasteiger charge is 2.11. The number of imidazole rings is 1. The molecule has 1 saturated heterocycles. The molecule has 4 rings (SSSR count). The molecule has 0 bridgehead atoms. The molecule has 0 radical (unpaired) electrons. The number of nitrogens with zero attached hydrogens (tertiary/aromatic N) is 2. The Morgan fingerprint density at radius 1 is 1.04 bits per heavy atom. The molecule has 1 fully saturated rings. The summed E-state index contributed by atoms with van der Waals surface area (Å²) < 4.78 is 0. The average Bonchev–Trinajstić information content (AvgIpc) is 3.15. The third-order valence-corrected chi connectivity index (χ3v) is 5.39. The molecule has 2 N–H and O–H groups in total. The van der Waals surface area contributed by atoms with Crippen LogP contribution >= 0.6 is 0 Å². The number of rotatable bonds is 7. The maximum absolute atomic E-state index is 12.4. The Kier molecular flexibility index (Phi) is 6.02. The van der Waals surface area contributed by atoms with Gasteiger partial charge in [-0.1, -0.05) is 30.7 Å². The summed E-state index contributed by atoms with van der Waals surface area (Å²) in [6, 6.07) is 16.1. The van der Waals surface area contributed by atoms with Gasteiger partial charge in [-0.15, -0.1) is 0 Å². The first-order valence-electron chi connectivity index (χ1n) is 10.3. The number of piperidine rings is 1. The summed E-state index contributed by atoms with van der Waals surface area (Å²) in [5.41, 5.74) is 4.06. The molecule has 2 aromatic carbocycles. The van der Waals surface area contributed by atoms with E-state index >= 15 is 0 Å². The van der Waals surface area contributed by atoms with Gasteiger partial charge < -0.3 is 10.3 Å². The van der Waals surface area contributed by atoms with Gasteiger partial charge in [0.05, 0.1) is 11.0 Å². The first-order valence-corrected chi connectivity index (χ1v) is 10.3. The van der Waals surface area contributed by atoms with E-state index in [2.05, 4.69) is 32.3 Å². The number of likely N-dealkylation sites (tertiary alicyclic amines) is 1. The molecule has 0 atom stereocenters. The summed E-state index contributed by atoms with van der Waals surface area (Å²) in [5, 5.41) is 3.01. The van der Waals surface area contributed by atoms with Crippen LogP contribution in [0.5, 0.6) is 0 Å². The Bertz CT molecular complexity index is 877. The Labute approximate surface area is 166 Å². The lowest BCUT2D eigenvalue weighted by atomic mass is 10.1. The number of benzene rings is 2. The van der Waals surface area contributed by atoms with Gasteiger partial charge in [0.25, 0.3) is 5.91 Å². The molecule has 2 heterocycles. The van der Waals surface area contributed by atoms with E-state index in [4.69, 9.17) is 0 Å². The lowest BCUT2D eigenvalue weighted by molar-refractivity contribution is 0.0953. The standard InChI is InChI=1S/C23H28N4O/c28-23(19-12-10-18(11-13-19)17-27-15-4-1-5-16-27)24-14-6-9-22-25-20-7-2-3-8-21(20)26-22/h2-3,7-8,10-13H,1,4-6,9,14-17H2,(H,24,28)(H,25,26). The van der Waals surface area contributed by atoms with Gasteiger partial charge in [0.15, 0.2) is 0 Å². The number of hydrogen-bond donors (Lipinski definition) is 2. The lowest BCUT2D eigenvalue weighted by Crippen LogP contribution is -2.29. The quantitative estimate of drug-likeness (QED) is 0.615. The normalized spacial score (nSPS) is 15.0. The van der Waals surface area contributed by atoms with Crippen LogP contribution in [0.2, 0.25) is 0 Å². The fourth-order valence-corrected chi connectivity index (χ4v) is 3.82. The highest BCUT2D eigenvalue weighted by atomic mass is 16.1. The van der Waals surface area contributed by atoms with Crippen LogP contribution < -0.4 is 5.32 Å². The van der Waals surface area contributed by atoms with E-state index in [1.165, 1.54) is 37.9 Å². The summed E-state index contributed by atoms with van der Waals surface area (Å²) in [6.45, 7) is 4.01. The molecular formula is C23H28N4O. The van der Waals surface area contributed by atoms with Gasteiger partial charge in [-0.3, -0.25) is 9.69 Å². The van der Waals surface area contributed by atoms with E-state index in [1.807, 2.05) is 36.4 Å². The number of aryl methyl sites for hydroxylation is 1. The fraction of sp³-hybridized carbons (Fsp3) is 0.391. The predicted octanol–water partition coefficient (Wildman–Crippen LogP) is 3.91. The van der Waals surface area contributed by atoms with Crippen molar-refractivity contribution >= 4 is 16.9 Å². The van der Waals surface area contributed by atoms with Crippen LogP contribution in [0.15, 0.2) is 48.5 Å². The summed E-state index contributed by atoms with van der Waals surface area (Å²) in [6.07, 6.45) is 5.64. The second-order valence-electron chi connectivity index (χ2n) is 7.59. The zero-order valence-electron chi connectivity index (χ0n) is 16.3. The summed E-state index contributed by atoms with van der Waals surface area (Å²) in [7, 11) is 0. The van der Waals surface area contributed by atoms with Crippen LogP contribution in [0, 0.1) is 0 Å². The first-order chi connectivity index (χ1) is 13.8. The van der Waals surface area contributed by atoms with Crippen molar-refractivity contribution in [2.24, 2.45) is 0 Å². The van der Waals surface area contributed by atoms with Gasteiger partial charge >= 0.3 is 0 Å². The van der Waals surface area contributed by atoms with Gasteiger partial charge in [-0.05, 0) is 62.2 Å². The smallest absolute Gasteiger partial charge is 0.251 e. The zero-order chi connectivity index (χ0) is 19.2. The fourth-order valence-electron chi connectivity index (χ4n) is 3.82. The van der Waals surface area contributed by atoms with E-state index in [0.29, 0.717) is 6.54 Å². The maximum atomic E-state index is 12.4. The first kappa shape index (κ1) is 18.7. The Balaban J connectivity index is 1.22. The van der Waals surface area contributed by atoms with Crippen LogP contribution in [-0.2, 0) is 13.0 Å². The number of carbonyl (C=O) groups is 1. The van der Waals surface area contributed by atoms with E-state index in [1.54, 1.807) is 0 Å². The van der Waals surface area contributed by atoms with Crippen molar-refractivity contribution in [3.05, 3.63) is 65.5 Å². The highest BCUT2D eigenvalue weighted by Crippen LogP contribution is 2.14. The number of aromatic nitrogens is 2. The second-order valence-corrected chi connectivity index (χ2v) is 7.59. The number of aromatic amines is 1. The lowest BCUT2D eigenvalue weighted by Gasteiger charge is -2.26. The van der Waals surface area contributed by atoms with Crippen LogP contribution in [0.3, 0.4) is 0 Å². The van der Waals surface area contributed by atoms with E-state index in [9.17, 15) is 4.79 Å². The van der Waals surface area contributed by atoms with Crippen LogP contribution in [-0.4, -0.2) is 40.4 Å². The van der Waals surface area contributed by atoms with Gasteiger partial charge in [-0.25, -0.2) is 4.98 Å². The maximum Gasteiger partial charge on any atom is 0.251 e. The average molecular weight is 377 g/mol. The van der Waals surface area contributed by atoms with Gasteiger partial charge in [0.2, 0.25) is 0 Å². The SMILES string of the molecule is O=C(NCCCc1nc2ccccc2[nH]1)c1ccc(CN2CCCCC2)cc1. The molecule has 5 nitrogen and oxygen atoms in total. The third-order valence-electron chi connectivity index (χ3n) is 5.39. The van der Waals surface area contributed by atoms with Crippen LogP contribution in [0.4, 0.5) is 0 Å². The number of carbonyl (C=O) groups excluding carboxylic acids is 1. The number of hydrogen-bond acceptors (Lipinski definition) is 3. The number of fused-ring (bicyclic) bond motifs is 1. The molecular weight excluding hydrogens is 348 g/mol. The molecule has 1 amide bonds. The predicted molar refractivity (Wildman–Crippen MR) is 112 cm³/mol. The molecule has 5 heteroatoms. The van der Waals surface area contributed by atoms with Crippen LogP contribution in [0.1, 0.15) is 47.4 Å². The molecule has 0 aliphatic carbocycles. The summed E-state index contributed by atoms with van der Waals surface area (Å²) in [4.78, 5) is 22.7. The molecule has 0 saturated carbocycles. The topological polar surface area (TPSA) is 61.0 Å². The monoisotopic (exact) mass is 376 g/mol. The molecule has 1 aromatic heterocycles. The largest absolute Gasteiger partial charge is 0.352 e. The van der Waals surface area contributed by atoms with Gasteiger partial charge in [0, 0.05) is 25.1 Å². The molecule has 1 aliphatic heterocycles. The minimum atomic E-state index is -0.00544. The van der Waals surface area contributed by atoms with Gasteiger partial charge in [-0.2, -0.15) is 0 Å². The third kappa shape index (κ3) is 4.78. The van der Waals surface area contributed by atoms with Gasteiger partial charge in [0.1, 0.15) is 5.82 Å². The van der Waals surface area contributed by atoms with Crippen LogP contribution in [0.25, 0.3) is 11.0 Å². The molecule has 3 aromatic rings. The van der Waals surface area contributed by atoms with Crippen molar-refractivity contribution in [2.45, 2.75) is 38.6 Å². The summed E-state index contributed by atoms with van der Waals surface area (Å²) in [5.74, 6) is 0.964. The molecule has 0 spiro atoms. The van der Waals surface area contributed by atoms with Crippen molar-refractivity contribution in [1.82, 2.24) is 20.2 Å². The zero-order valence-corrected chi connectivity index (χ0v) is 16.3. The van der Waals surface area contributed by atoms with E-state index in [0.717, 1.165) is 41.8 Å². The van der Waals surface area contributed by atoms with Crippen molar-refractivity contribution in [3.63, 3.8) is 0 Å². The van der Waals surface area contributed by atoms with E-state index < -0.39 is 0 Å².